The van der Waals surface area contributed by atoms with Gasteiger partial charge in [-0.05, 0) is 36.6 Å². The van der Waals surface area contributed by atoms with Gasteiger partial charge in [-0.3, -0.25) is 0 Å². The van der Waals surface area contributed by atoms with E-state index in [2.05, 4.69) is 9.97 Å². The molecule has 3 rings (SSSR count). The monoisotopic (exact) mass is 384 g/mol. The molecule has 0 aliphatic heterocycles. The molecule has 0 spiro atoms. The minimum atomic E-state index is -1.12. The Labute approximate surface area is 162 Å². The van der Waals surface area contributed by atoms with Crippen molar-refractivity contribution < 1.29 is 14.9 Å². The Morgan fingerprint density at radius 2 is 1.70 bits per heavy atom. The number of carboxylic acids is 1. The third kappa shape index (κ3) is 5.43. The average molecular weight is 385 g/mol. The van der Waals surface area contributed by atoms with Gasteiger partial charge in [0.15, 0.2) is 0 Å². The highest BCUT2D eigenvalue weighted by atomic mass is 35.5. The van der Waals surface area contributed by atoms with Crippen molar-refractivity contribution in [2.45, 2.75) is 20.3 Å². The highest BCUT2D eigenvalue weighted by molar-refractivity contribution is 6.30. The number of aromatic nitrogens is 2. The lowest BCUT2D eigenvalue weighted by molar-refractivity contribution is -0.346. The number of hydrogen-bond acceptors (Lipinski definition) is 5. The van der Waals surface area contributed by atoms with E-state index in [-0.39, 0.29) is 5.56 Å². The van der Waals surface area contributed by atoms with Gasteiger partial charge in [-0.15, -0.1) is 4.98 Å². The smallest absolute Gasteiger partial charge is 0.342 e. The number of nitrogens with two attached hydrogens (primary N) is 2. The minimum Gasteiger partial charge on any atom is -0.545 e. The van der Waals surface area contributed by atoms with E-state index in [0.29, 0.717) is 16.8 Å². The lowest BCUT2D eigenvalue weighted by Gasteiger charge is -2.07. The summed E-state index contributed by atoms with van der Waals surface area (Å²) in [4.78, 5) is 17.3. The number of carboxylic acid groups (broad SMARTS) is 1. The molecule has 0 unspecified atom stereocenters. The lowest BCUT2D eigenvalue weighted by Crippen LogP contribution is -2.21. The van der Waals surface area contributed by atoms with E-state index >= 15 is 0 Å². The van der Waals surface area contributed by atoms with Crippen LogP contribution in [0, 0.1) is 6.92 Å². The van der Waals surface area contributed by atoms with E-state index in [0.717, 1.165) is 28.8 Å². The van der Waals surface area contributed by atoms with Crippen LogP contribution in [0.2, 0.25) is 5.02 Å². The van der Waals surface area contributed by atoms with Crippen LogP contribution in [-0.2, 0) is 6.42 Å². The molecule has 0 saturated carbocycles. The zero-order valence-corrected chi connectivity index (χ0v) is 15.9. The van der Waals surface area contributed by atoms with Gasteiger partial charge in [-0.25, -0.2) is 4.98 Å². The maximum atomic E-state index is 10.2. The number of carbonyl (C=O) groups excluding carboxylic acids is 1. The number of halogens is 1. The van der Waals surface area contributed by atoms with Gasteiger partial charge < -0.3 is 21.4 Å². The number of carbonyl (C=O) groups is 1. The fourth-order valence-corrected chi connectivity index (χ4v) is 2.60. The molecule has 6 nitrogen and oxygen atoms in total. The van der Waals surface area contributed by atoms with Crippen LogP contribution in [0.1, 0.15) is 28.5 Å². The molecule has 0 atom stereocenters. The second kappa shape index (κ2) is 9.00. The van der Waals surface area contributed by atoms with Crippen LogP contribution in [-0.4, -0.2) is 11.0 Å². The van der Waals surface area contributed by atoms with Crippen molar-refractivity contribution in [3.05, 3.63) is 70.4 Å². The number of aromatic carboxylic acids is 1. The molecule has 0 aliphatic carbocycles. The molecule has 0 radical (unpaired) electrons. The van der Waals surface area contributed by atoms with Gasteiger partial charge in [0.1, 0.15) is 5.69 Å². The first-order valence-corrected chi connectivity index (χ1v) is 8.70. The summed E-state index contributed by atoms with van der Waals surface area (Å²) < 4.78 is 0. The number of aryl methyl sites for hydroxylation is 2. The van der Waals surface area contributed by atoms with Crippen molar-refractivity contribution in [3.63, 3.8) is 0 Å². The van der Waals surface area contributed by atoms with Crippen LogP contribution in [0.5, 0.6) is 0 Å². The third-order valence-corrected chi connectivity index (χ3v) is 4.08. The number of nitrogen functional groups attached to an aromatic ring is 2. The third-order valence-electron chi connectivity index (χ3n) is 3.83. The van der Waals surface area contributed by atoms with Gasteiger partial charge >= 0.3 is 5.95 Å². The van der Waals surface area contributed by atoms with E-state index in [1.54, 1.807) is 12.1 Å². The maximum absolute atomic E-state index is 10.2. The molecule has 5 N–H and O–H groups in total. The van der Waals surface area contributed by atoms with E-state index in [9.17, 15) is 9.90 Å². The second-order valence-electron chi connectivity index (χ2n) is 5.87. The molecular weight excluding hydrogens is 364 g/mol. The normalized spacial score (nSPS) is 10.0. The first-order chi connectivity index (χ1) is 12.8. The summed E-state index contributed by atoms with van der Waals surface area (Å²) in [5.74, 6) is -0.270. The highest BCUT2D eigenvalue weighted by Crippen LogP contribution is 2.27. The largest absolute Gasteiger partial charge is 0.545 e. The SMILES string of the molecule is CCc1nc(N)[nH+]c(N)c1-c1ccc(Cl)cc1.Cc1ccc(C(=O)[O-])cc1. The zero-order chi connectivity index (χ0) is 20.0. The van der Waals surface area contributed by atoms with E-state index in [4.69, 9.17) is 23.1 Å². The van der Waals surface area contributed by atoms with Crippen molar-refractivity contribution in [3.8, 4) is 11.1 Å². The number of hydrogen-bond donors (Lipinski definition) is 2. The number of nitrogens with one attached hydrogen (secondary N) is 1. The van der Waals surface area contributed by atoms with Gasteiger partial charge in [0.2, 0.25) is 5.82 Å². The maximum Gasteiger partial charge on any atom is 0.342 e. The van der Waals surface area contributed by atoms with Crippen LogP contribution in [0.15, 0.2) is 48.5 Å². The van der Waals surface area contributed by atoms with Crippen molar-refractivity contribution >= 4 is 29.3 Å². The van der Waals surface area contributed by atoms with Crippen molar-refractivity contribution in [1.82, 2.24) is 4.98 Å². The van der Waals surface area contributed by atoms with Crippen LogP contribution < -0.4 is 21.6 Å². The molecule has 0 aliphatic rings. The summed E-state index contributed by atoms with van der Waals surface area (Å²) in [7, 11) is 0. The summed E-state index contributed by atoms with van der Waals surface area (Å²) in [5, 5.41) is 10.9. The topological polar surface area (TPSA) is 119 Å². The van der Waals surface area contributed by atoms with Gasteiger partial charge in [0, 0.05) is 5.02 Å². The fraction of sp³-hybridized carbons (Fsp3) is 0.150. The number of nitrogens with zero attached hydrogens (tertiary/aromatic N) is 1. The van der Waals surface area contributed by atoms with Crippen molar-refractivity contribution in [2.75, 3.05) is 11.5 Å². The average Bonchev–Trinajstić information content (AvgIpc) is 2.63. The van der Waals surface area contributed by atoms with Gasteiger partial charge in [0.05, 0.1) is 11.5 Å². The highest BCUT2D eigenvalue weighted by Gasteiger charge is 2.15. The molecule has 0 amide bonds. The minimum absolute atomic E-state index is 0.227. The Morgan fingerprint density at radius 1 is 1.11 bits per heavy atom. The molecule has 0 fully saturated rings. The van der Waals surface area contributed by atoms with E-state index in [1.165, 1.54) is 12.1 Å². The van der Waals surface area contributed by atoms with Gasteiger partial charge in [-0.2, -0.15) is 0 Å². The molecule has 1 aromatic heterocycles. The molecule has 1 heterocycles. The Bertz CT molecular complexity index is 926. The predicted octanol–water partition coefficient (Wildman–Crippen LogP) is 2.30. The summed E-state index contributed by atoms with van der Waals surface area (Å²) >= 11 is 5.86. The molecular formula is C20H21ClN4O2. The number of aromatic amines is 1. The van der Waals surface area contributed by atoms with Gasteiger partial charge in [-0.1, -0.05) is 60.5 Å². The quantitative estimate of drug-likeness (QED) is 0.718. The summed E-state index contributed by atoms with van der Waals surface area (Å²) in [5.41, 5.74) is 15.6. The Morgan fingerprint density at radius 3 is 2.22 bits per heavy atom. The van der Waals surface area contributed by atoms with E-state index < -0.39 is 5.97 Å². The predicted molar refractivity (Wildman–Crippen MR) is 105 cm³/mol. The van der Waals surface area contributed by atoms with Crippen LogP contribution in [0.4, 0.5) is 11.8 Å². The zero-order valence-electron chi connectivity index (χ0n) is 15.1. The summed E-state index contributed by atoms with van der Waals surface area (Å²) in [6.45, 7) is 3.92. The fourth-order valence-electron chi connectivity index (χ4n) is 2.47. The number of benzene rings is 2. The number of rotatable bonds is 3. The van der Waals surface area contributed by atoms with Crippen LogP contribution in [0.25, 0.3) is 11.1 Å². The summed E-state index contributed by atoms with van der Waals surface area (Å²) in [6, 6.07) is 14.0. The Hall–Kier alpha value is -3.12. The first-order valence-electron chi connectivity index (χ1n) is 8.33. The number of H-pyrrole nitrogens is 1. The molecule has 2 aromatic carbocycles. The molecule has 0 saturated heterocycles. The molecule has 27 heavy (non-hydrogen) atoms. The molecule has 7 heteroatoms. The molecule has 3 aromatic rings. The lowest BCUT2D eigenvalue weighted by atomic mass is 10.0. The van der Waals surface area contributed by atoms with Crippen molar-refractivity contribution in [1.29, 1.82) is 0 Å². The summed E-state index contributed by atoms with van der Waals surface area (Å²) in [6.07, 6.45) is 0.765. The van der Waals surface area contributed by atoms with Crippen molar-refractivity contribution in [2.24, 2.45) is 0 Å². The van der Waals surface area contributed by atoms with Crippen LogP contribution >= 0.6 is 11.6 Å². The Kier molecular flexibility index (Phi) is 6.73. The molecule has 140 valence electrons. The second-order valence-corrected chi connectivity index (χ2v) is 6.31. The Balaban J connectivity index is 0.000000223. The van der Waals surface area contributed by atoms with Gasteiger partial charge in [0.25, 0.3) is 0 Å². The standard InChI is InChI=1S/C12H13ClN4.C8H8O2/c1-2-9-10(11(14)17-12(15)16-9)7-3-5-8(13)6-4-7;1-6-2-4-7(5-3-6)8(9)10/h3-6H,2H2,1H3,(H4,14,15,16,17);2-5H,1H3,(H,9,10). The molecule has 0 bridgehead atoms. The van der Waals surface area contributed by atoms with Crippen LogP contribution in [0.3, 0.4) is 0 Å². The number of anilines is 2. The first kappa shape index (κ1) is 20.2. The van der Waals surface area contributed by atoms with E-state index in [1.807, 2.05) is 38.1 Å².